The molecule has 0 spiro atoms. The van der Waals surface area contributed by atoms with Crippen LogP contribution in [-0.2, 0) is 4.89 Å². The molecule has 4 heteroatoms. The molecule has 4 nitrogen and oxygen atoms in total. The fourth-order valence-electron chi connectivity index (χ4n) is 1.01. The third-order valence-electron chi connectivity index (χ3n) is 1.61. The van der Waals surface area contributed by atoms with Crippen LogP contribution in [0.15, 0.2) is 24.5 Å². The Labute approximate surface area is 81.9 Å². The summed E-state index contributed by atoms with van der Waals surface area (Å²) in [5.41, 5.74) is 0.764. The minimum Gasteiger partial charge on any atom is -0.504 e. The van der Waals surface area contributed by atoms with Gasteiger partial charge in [0.25, 0.3) is 0 Å². The van der Waals surface area contributed by atoms with Gasteiger partial charge in [-0.1, -0.05) is 6.07 Å². The summed E-state index contributed by atoms with van der Waals surface area (Å²) in [6, 6.07) is 4.84. The van der Waals surface area contributed by atoms with Crippen LogP contribution in [0, 0.1) is 0 Å². The first-order valence-electron chi connectivity index (χ1n) is 4.20. The molecule has 2 N–H and O–H groups in total. The molecule has 0 fully saturated rings. The maximum Gasteiger partial charge on any atom is 0.161 e. The Kier molecular flexibility index (Phi) is 3.82. The van der Waals surface area contributed by atoms with E-state index < -0.39 is 0 Å². The Morgan fingerprint density at radius 3 is 2.86 bits per heavy atom. The first-order valence-corrected chi connectivity index (χ1v) is 4.20. The van der Waals surface area contributed by atoms with Crippen LogP contribution in [0.2, 0.25) is 0 Å². The van der Waals surface area contributed by atoms with E-state index >= 15 is 0 Å². The van der Waals surface area contributed by atoms with Crippen molar-refractivity contribution in [3.05, 3.63) is 30.0 Å². The van der Waals surface area contributed by atoms with Crippen molar-refractivity contribution in [3.63, 3.8) is 0 Å². The highest BCUT2D eigenvalue weighted by atomic mass is 17.1. The lowest BCUT2D eigenvalue weighted by Crippen LogP contribution is -1.91. The van der Waals surface area contributed by atoms with Gasteiger partial charge in [0.05, 0.1) is 6.61 Å². The van der Waals surface area contributed by atoms with Gasteiger partial charge in [0.15, 0.2) is 11.5 Å². The number of phenols is 1. The molecule has 0 amide bonds. The van der Waals surface area contributed by atoms with Gasteiger partial charge in [-0.15, -0.1) is 0 Å². The first kappa shape index (κ1) is 10.4. The molecule has 0 aliphatic heterocycles. The SMILES string of the molecule is CCOc1cc(/C=C/OO)ccc1O. The van der Waals surface area contributed by atoms with Crippen molar-refractivity contribution >= 4 is 6.08 Å². The van der Waals surface area contributed by atoms with Crippen molar-refractivity contribution in [2.75, 3.05) is 6.61 Å². The summed E-state index contributed by atoms with van der Waals surface area (Å²) in [4.78, 5) is 3.79. The molecule has 1 aromatic carbocycles. The van der Waals surface area contributed by atoms with Crippen molar-refractivity contribution < 1.29 is 20.0 Å². The average Bonchev–Trinajstić information content (AvgIpc) is 2.19. The van der Waals surface area contributed by atoms with Crippen molar-refractivity contribution in [2.24, 2.45) is 0 Å². The van der Waals surface area contributed by atoms with Crippen LogP contribution in [0.5, 0.6) is 11.5 Å². The van der Waals surface area contributed by atoms with Gasteiger partial charge >= 0.3 is 0 Å². The summed E-state index contributed by atoms with van der Waals surface area (Å²) < 4.78 is 5.17. The summed E-state index contributed by atoms with van der Waals surface area (Å²) in [7, 11) is 0. The molecule has 76 valence electrons. The van der Waals surface area contributed by atoms with Crippen LogP contribution in [0.4, 0.5) is 0 Å². The van der Waals surface area contributed by atoms with Crippen LogP contribution in [-0.4, -0.2) is 17.0 Å². The van der Waals surface area contributed by atoms with E-state index in [1.807, 2.05) is 6.92 Å². The monoisotopic (exact) mass is 196 g/mol. The van der Waals surface area contributed by atoms with Crippen molar-refractivity contribution in [1.29, 1.82) is 0 Å². The average molecular weight is 196 g/mol. The summed E-state index contributed by atoms with van der Waals surface area (Å²) in [5, 5.41) is 17.4. The van der Waals surface area contributed by atoms with Gasteiger partial charge in [0.2, 0.25) is 0 Å². The van der Waals surface area contributed by atoms with Crippen LogP contribution in [0.25, 0.3) is 6.08 Å². The fraction of sp³-hybridized carbons (Fsp3) is 0.200. The van der Waals surface area contributed by atoms with Crippen molar-refractivity contribution in [1.82, 2.24) is 0 Å². The predicted molar refractivity (Wildman–Crippen MR) is 52.0 cm³/mol. The minimum absolute atomic E-state index is 0.0916. The van der Waals surface area contributed by atoms with E-state index in [1.165, 1.54) is 6.07 Å². The van der Waals surface area contributed by atoms with E-state index in [0.29, 0.717) is 12.4 Å². The van der Waals surface area contributed by atoms with Crippen LogP contribution < -0.4 is 4.74 Å². The van der Waals surface area contributed by atoms with Crippen molar-refractivity contribution in [3.8, 4) is 11.5 Å². The zero-order valence-electron chi connectivity index (χ0n) is 7.80. The maximum atomic E-state index is 9.36. The molecule has 1 rings (SSSR count). The second-order valence-corrected chi connectivity index (χ2v) is 2.57. The number of benzene rings is 1. The molecule has 1 aromatic rings. The lowest BCUT2D eigenvalue weighted by Gasteiger charge is -2.05. The summed E-state index contributed by atoms with van der Waals surface area (Å²) in [6.07, 6.45) is 2.67. The van der Waals surface area contributed by atoms with Gasteiger partial charge in [-0.3, -0.25) is 0 Å². The number of hydrogen-bond acceptors (Lipinski definition) is 4. The summed E-state index contributed by atoms with van der Waals surface area (Å²) in [5.74, 6) is 0.501. The first-order chi connectivity index (χ1) is 6.77. The van der Waals surface area contributed by atoms with Gasteiger partial charge < -0.3 is 14.7 Å². The maximum absolute atomic E-state index is 9.36. The molecule has 0 radical (unpaired) electrons. The van der Waals surface area contributed by atoms with E-state index in [9.17, 15) is 5.11 Å². The largest absolute Gasteiger partial charge is 0.504 e. The lowest BCUT2D eigenvalue weighted by atomic mass is 10.2. The lowest BCUT2D eigenvalue weighted by molar-refractivity contribution is -0.185. The highest BCUT2D eigenvalue weighted by Gasteiger charge is 2.01. The molecular formula is C10H12O4. The molecule has 0 aliphatic rings. The van der Waals surface area contributed by atoms with Gasteiger partial charge in [-0.05, 0) is 30.7 Å². The quantitative estimate of drug-likeness (QED) is 0.440. The smallest absolute Gasteiger partial charge is 0.161 e. The second kappa shape index (κ2) is 5.14. The number of rotatable bonds is 4. The summed E-state index contributed by atoms with van der Waals surface area (Å²) >= 11 is 0. The Hall–Kier alpha value is -1.68. The Morgan fingerprint density at radius 2 is 2.21 bits per heavy atom. The Morgan fingerprint density at radius 1 is 1.43 bits per heavy atom. The van der Waals surface area contributed by atoms with Crippen LogP contribution in [0.1, 0.15) is 12.5 Å². The van der Waals surface area contributed by atoms with E-state index in [2.05, 4.69) is 4.89 Å². The van der Waals surface area contributed by atoms with Crippen LogP contribution in [0.3, 0.4) is 0 Å². The molecular weight excluding hydrogens is 184 g/mol. The molecule has 14 heavy (non-hydrogen) atoms. The number of aromatic hydroxyl groups is 1. The van der Waals surface area contributed by atoms with Crippen LogP contribution >= 0.6 is 0 Å². The fourth-order valence-corrected chi connectivity index (χ4v) is 1.01. The third kappa shape index (κ3) is 2.67. The number of ether oxygens (including phenoxy) is 1. The van der Waals surface area contributed by atoms with Crippen molar-refractivity contribution in [2.45, 2.75) is 6.92 Å². The number of phenolic OH excluding ortho intramolecular Hbond substituents is 1. The highest BCUT2D eigenvalue weighted by Crippen LogP contribution is 2.27. The number of hydrogen-bond donors (Lipinski definition) is 2. The van der Waals surface area contributed by atoms with Gasteiger partial charge in [-0.25, -0.2) is 5.26 Å². The van der Waals surface area contributed by atoms with Gasteiger partial charge in [-0.2, -0.15) is 0 Å². The molecule has 0 aliphatic carbocycles. The molecule has 0 saturated carbocycles. The van der Waals surface area contributed by atoms with E-state index in [1.54, 1.807) is 18.2 Å². The van der Waals surface area contributed by atoms with E-state index in [4.69, 9.17) is 9.99 Å². The zero-order chi connectivity index (χ0) is 10.4. The Balaban J connectivity index is 2.88. The standard InChI is InChI=1S/C10H12O4/c1-2-13-10-7-8(5-6-14-12)3-4-9(10)11/h3-7,11-12H,2H2,1H3/b6-5+. The van der Waals surface area contributed by atoms with Gasteiger partial charge in [0, 0.05) is 0 Å². The molecule has 0 heterocycles. The topological polar surface area (TPSA) is 58.9 Å². The van der Waals surface area contributed by atoms with Gasteiger partial charge in [0.1, 0.15) is 6.26 Å². The minimum atomic E-state index is 0.0916. The highest BCUT2D eigenvalue weighted by molar-refractivity contribution is 5.54. The normalized spacial score (nSPS) is 10.4. The molecule has 0 saturated heterocycles. The molecule has 0 bridgehead atoms. The molecule has 0 atom stereocenters. The molecule has 0 aromatic heterocycles. The van der Waals surface area contributed by atoms with E-state index in [0.717, 1.165) is 11.8 Å². The third-order valence-corrected chi connectivity index (χ3v) is 1.61. The Bertz CT molecular complexity index is 320. The zero-order valence-corrected chi connectivity index (χ0v) is 7.80. The molecule has 0 unspecified atom stereocenters. The van der Waals surface area contributed by atoms with E-state index in [-0.39, 0.29) is 5.75 Å². The summed E-state index contributed by atoms with van der Waals surface area (Å²) in [6.45, 7) is 2.32. The second-order valence-electron chi connectivity index (χ2n) is 2.57. The predicted octanol–water partition coefficient (Wildman–Crippen LogP) is 2.25.